The zero-order valence-corrected chi connectivity index (χ0v) is 10.6. The number of aromatic nitrogens is 3. The van der Waals surface area contributed by atoms with Crippen molar-refractivity contribution in [2.24, 2.45) is 12.9 Å². The molecule has 5 nitrogen and oxygen atoms in total. The smallest absolute Gasteiger partial charge is 0.106 e. The van der Waals surface area contributed by atoms with Crippen molar-refractivity contribution in [2.45, 2.75) is 6.04 Å². The summed E-state index contributed by atoms with van der Waals surface area (Å²) in [5, 5.41) is 5.03. The maximum absolute atomic E-state index is 6.10. The molecule has 0 saturated carbocycles. The number of nitrogens with zero attached hydrogens (tertiary/aromatic N) is 3. The highest BCUT2D eigenvalue weighted by Crippen LogP contribution is 2.27. The Balaban J connectivity index is 2.46. The monoisotopic (exact) mass is 271 g/mol. The summed E-state index contributed by atoms with van der Waals surface area (Å²) in [7, 11) is 1.82. The van der Waals surface area contributed by atoms with E-state index in [9.17, 15) is 0 Å². The van der Waals surface area contributed by atoms with Gasteiger partial charge in [-0.3, -0.25) is 15.5 Å². The molecule has 0 fully saturated rings. The van der Waals surface area contributed by atoms with Crippen molar-refractivity contribution in [2.75, 3.05) is 0 Å². The lowest BCUT2D eigenvalue weighted by molar-refractivity contribution is 0.564. The molecule has 0 aromatic carbocycles. The molecule has 0 amide bonds. The molecule has 7 heteroatoms. The summed E-state index contributed by atoms with van der Waals surface area (Å²) in [5.74, 6) is 5.55. The minimum atomic E-state index is -0.327. The molecule has 0 aliphatic carbocycles. The van der Waals surface area contributed by atoms with E-state index in [0.717, 1.165) is 5.69 Å². The van der Waals surface area contributed by atoms with Crippen molar-refractivity contribution in [3.8, 4) is 0 Å². The van der Waals surface area contributed by atoms with Crippen LogP contribution in [0.5, 0.6) is 0 Å². The van der Waals surface area contributed by atoms with E-state index >= 15 is 0 Å². The number of nitrogens with two attached hydrogens (primary N) is 1. The Kier molecular flexibility index (Phi) is 3.63. The van der Waals surface area contributed by atoms with Crippen LogP contribution in [0.15, 0.2) is 24.5 Å². The van der Waals surface area contributed by atoms with Gasteiger partial charge in [-0.25, -0.2) is 5.43 Å². The third-order valence-electron chi connectivity index (χ3n) is 2.43. The third-order valence-corrected chi connectivity index (χ3v) is 2.94. The summed E-state index contributed by atoms with van der Waals surface area (Å²) >= 11 is 11.9. The molecule has 2 heterocycles. The summed E-state index contributed by atoms with van der Waals surface area (Å²) in [6, 6.07) is 3.15. The molecule has 90 valence electrons. The molecule has 2 aromatic rings. The molecular weight excluding hydrogens is 261 g/mol. The van der Waals surface area contributed by atoms with Crippen LogP contribution in [0.4, 0.5) is 0 Å². The van der Waals surface area contributed by atoms with Gasteiger partial charge in [0.1, 0.15) is 6.04 Å². The standard InChI is InChI=1S/C10H11Cl2N5/c1-17-8(2-3-15-17)10(16-13)9-7(12)4-6(11)5-14-9/h2-5,10,16H,13H2,1H3. The first-order valence-electron chi connectivity index (χ1n) is 4.88. The average molecular weight is 272 g/mol. The van der Waals surface area contributed by atoms with E-state index in [4.69, 9.17) is 29.0 Å². The van der Waals surface area contributed by atoms with Gasteiger partial charge in [-0.15, -0.1) is 0 Å². The third kappa shape index (κ3) is 2.42. The van der Waals surface area contributed by atoms with Crippen LogP contribution in [0, 0.1) is 0 Å². The second kappa shape index (κ2) is 5.01. The van der Waals surface area contributed by atoms with Crippen LogP contribution < -0.4 is 11.3 Å². The number of rotatable bonds is 3. The summed E-state index contributed by atoms with van der Waals surface area (Å²) in [5.41, 5.74) is 4.15. The van der Waals surface area contributed by atoms with Crippen LogP contribution in [-0.4, -0.2) is 14.8 Å². The van der Waals surface area contributed by atoms with Crippen molar-refractivity contribution >= 4 is 23.2 Å². The van der Waals surface area contributed by atoms with E-state index in [-0.39, 0.29) is 6.04 Å². The summed E-state index contributed by atoms with van der Waals surface area (Å²) in [6.07, 6.45) is 3.22. The normalized spacial score (nSPS) is 12.7. The molecule has 0 spiro atoms. The predicted molar refractivity (Wildman–Crippen MR) is 66.6 cm³/mol. The fourth-order valence-electron chi connectivity index (χ4n) is 1.61. The molecule has 2 rings (SSSR count). The van der Waals surface area contributed by atoms with Crippen LogP contribution in [-0.2, 0) is 7.05 Å². The van der Waals surface area contributed by atoms with E-state index < -0.39 is 0 Å². The lowest BCUT2D eigenvalue weighted by Crippen LogP contribution is -2.31. The first-order chi connectivity index (χ1) is 8.13. The van der Waals surface area contributed by atoms with Crippen molar-refractivity contribution in [3.05, 3.63) is 46.0 Å². The predicted octanol–water partition coefficient (Wildman–Crippen LogP) is 1.67. The second-order valence-electron chi connectivity index (χ2n) is 3.50. The van der Waals surface area contributed by atoms with Gasteiger partial charge in [0, 0.05) is 19.4 Å². The van der Waals surface area contributed by atoms with Crippen molar-refractivity contribution in [1.82, 2.24) is 20.2 Å². The van der Waals surface area contributed by atoms with Gasteiger partial charge in [-0.2, -0.15) is 5.10 Å². The topological polar surface area (TPSA) is 68.8 Å². The first kappa shape index (κ1) is 12.3. The van der Waals surface area contributed by atoms with E-state index in [1.165, 1.54) is 6.20 Å². The van der Waals surface area contributed by atoms with Gasteiger partial charge in [0.25, 0.3) is 0 Å². The highest BCUT2D eigenvalue weighted by atomic mass is 35.5. The fourth-order valence-corrected chi connectivity index (χ4v) is 2.10. The molecule has 1 atom stereocenters. The number of hydrogen-bond acceptors (Lipinski definition) is 4. The number of pyridine rings is 1. The van der Waals surface area contributed by atoms with Gasteiger partial charge >= 0.3 is 0 Å². The van der Waals surface area contributed by atoms with Crippen molar-refractivity contribution in [1.29, 1.82) is 0 Å². The molecule has 1 unspecified atom stereocenters. The van der Waals surface area contributed by atoms with E-state index in [1.54, 1.807) is 16.9 Å². The Bertz CT molecular complexity index is 525. The number of halogens is 2. The lowest BCUT2D eigenvalue weighted by atomic mass is 10.1. The zero-order chi connectivity index (χ0) is 12.4. The van der Waals surface area contributed by atoms with E-state index in [2.05, 4.69) is 15.5 Å². The quantitative estimate of drug-likeness (QED) is 0.658. The SMILES string of the molecule is Cn1nccc1C(NN)c1ncc(Cl)cc1Cl. The summed E-state index contributed by atoms with van der Waals surface area (Å²) in [4.78, 5) is 4.20. The van der Waals surface area contributed by atoms with Crippen LogP contribution in [0.1, 0.15) is 17.4 Å². The second-order valence-corrected chi connectivity index (χ2v) is 4.34. The van der Waals surface area contributed by atoms with Gasteiger partial charge in [-0.1, -0.05) is 23.2 Å². The molecule has 0 aliphatic heterocycles. The summed E-state index contributed by atoms with van der Waals surface area (Å²) < 4.78 is 1.71. The lowest BCUT2D eigenvalue weighted by Gasteiger charge is -2.16. The number of hydrogen-bond donors (Lipinski definition) is 2. The maximum atomic E-state index is 6.10. The van der Waals surface area contributed by atoms with Gasteiger partial charge in [0.05, 0.1) is 21.4 Å². The maximum Gasteiger partial charge on any atom is 0.106 e. The van der Waals surface area contributed by atoms with Gasteiger partial charge in [-0.05, 0) is 12.1 Å². The van der Waals surface area contributed by atoms with E-state index in [0.29, 0.717) is 15.7 Å². The average Bonchev–Trinajstić information content (AvgIpc) is 2.69. The Morgan fingerprint density at radius 1 is 1.47 bits per heavy atom. The largest absolute Gasteiger partial charge is 0.271 e. The minimum Gasteiger partial charge on any atom is -0.271 e. The summed E-state index contributed by atoms with van der Waals surface area (Å²) in [6.45, 7) is 0. The van der Waals surface area contributed by atoms with Gasteiger partial charge < -0.3 is 0 Å². The molecule has 0 saturated heterocycles. The highest BCUT2D eigenvalue weighted by molar-refractivity contribution is 6.34. The number of hydrazine groups is 1. The molecule has 0 aliphatic rings. The van der Waals surface area contributed by atoms with Crippen LogP contribution >= 0.6 is 23.2 Å². The Hall–Kier alpha value is -1.14. The fraction of sp³-hybridized carbons (Fsp3) is 0.200. The minimum absolute atomic E-state index is 0.327. The first-order valence-corrected chi connectivity index (χ1v) is 5.64. The molecule has 0 radical (unpaired) electrons. The Morgan fingerprint density at radius 3 is 2.76 bits per heavy atom. The Labute approximate surface area is 109 Å². The molecule has 0 bridgehead atoms. The van der Waals surface area contributed by atoms with Gasteiger partial charge in [0.15, 0.2) is 0 Å². The van der Waals surface area contributed by atoms with Gasteiger partial charge in [0.2, 0.25) is 0 Å². The van der Waals surface area contributed by atoms with Crippen molar-refractivity contribution < 1.29 is 0 Å². The molecule has 2 aromatic heterocycles. The number of aryl methyl sites for hydroxylation is 1. The molecule has 3 N–H and O–H groups in total. The van der Waals surface area contributed by atoms with Crippen LogP contribution in [0.25, 0.3) is 0 Å². The van der Waals surface area contributed by atoms with E-state index in [1.807, 2.05) is 13.1 Å². The molecule has 17 heavy (non-hydrogen) atoms. The van der Waals surface area contributed by atoms with Crippen LogP contribution in [0.3, 0.4) is 0 Å². The van der Waals surface area contributed by atoms with Crippen molar-refractivity contribution in [3.63, 3.8) is 0 Å². The van der Waals surface area contributed by atoms with Crippen LogP contribution in [0.2, 0.25) is 10.0 Å². The Morgan fingerprint density at radius 2 is 2.24 bits per heavy atom. The number of nitrogens with one attached hydrogen (secondary N) is 1. The highest BCUT2D eigenvalue weighted by Gasteiger charge is 2.20. The zero-order valence-electron chi connectivity index (χ0n) is 9.06. The molecular formula is C10H11Cl2N5.